The average molecular weight is 322 g/mol. The number of benzene rings is 1. The molecular formula is C20H22N2S. The van der Waals surface area contributed by atoms with E-state index in [9.17, 15) is 5.26 Å². The fraction of sp³-hybridized carbons (Fsp3) is 0.400. The summed E-state index contributed by atoms with van der Waals surface area (Å²) in [7, 11) is 0. The van der Waals surface area contributed by atoms with E-state index in [1.807, 2.05) is 36.5 Å². The van der Waals surface area contributed by atoms with Crippen LogP contribution in [0.15, 0.2) is 35.3 Å². The number of hydrogen-bond donors (Lipinski definition) is 0. The molecule has 2 aromatic rings. The summed E-state index contributed by atoms with van der Waals surface area (Å²) in [6.07, 6.45) is 5.12. The van der Waals surface area contributed by atoms with Crippen molar-refractivity contribution < 1.29 is 0 Å². The van der Waals surface area contributed by atoms with E-state index in [1.165, 1.54) is 16.9 Å². The molecule has 23 heavy (non-hydrogen) atoms. The Labute approximate surface area is 142 Å². The van der Waals surface area contributed by atoms with Crippen molar-refractivity contribution >= 4 is 22.6 Å². The first kappa shape index (κ1) is 16.0. The summed E-state index contributed by atoms with van der Waals surface area (Å²) in [5.74, 6) is 0.686. The Balaban J connectivity index is 1.91. The maximum Gasteiger partial charge on any atom is 0.134 e. The minimum atomic E-state index is 0.321. The normalized spacial score (nSPS) is 17.9. The molecule has 0 N–H and O–H groups in total. The van der Waals surface area contributed by atoms with Crippen molar-refractivity contribution in [2.45, 2.75) is 40.0 Å². The van der Waals surface area contributed by atoms with Crippen molar-refractivity contribution in [1.29, 1.82) is 5.26 Å². The molecule has 0 spiro atoms. The summed E-state index contributed by atoms with van der Waals surface area (Å²) in [6, 6.07) is 12.4. The molecule has 1 atom stereocenters. The highest BCUT2D eigenvalue weighted by Gasteiger charge is 2.31. The van der Waals surface area contributed by atoms with Crippen LogP contribution >= 0.6 is 11.3 Å². The lowest BCUT2D eigenvalue weighted by Gasteiger charge is -2.33. The van der Waals surface area contributed by atoms with Gasteiger partial charge in [0.15, 0.2) is 0 Å². The predicted octanol–water partition coefficient (Wildman–Crippen LogP) is 5.52. The van der Waals surface area contributed by atoms with E-state index in [4.69, 9.17) is 0 Å². The van der Waals surface area contributed by atoms with Crippen LogP contribution in [0.3, 0.4) is 0 Å². The summed E-state index contributed by atoms with van der Waals surface area (Å²) in [4.78, 5) is 5.98. The molecule has 118 valence electrons. The fourth-order valence-electron chi connectivity index (χ4n) is 3.19. The molecule has 0 aliphatic heterocycles. The molecule has 1 aromatic carbocycles. The van der Waals surface area contributed by atoms with Crippen molar-refractivity contribution in [3.05, 3.63) is 51.9 Å². The van der Waals surface area contributed by atoms with E-state index < -0.39 is 0 Å². The number of fused-ring (bicyclic) bond motifs is 1. The largest absolute Gasteiger partial charge is 0.244 e. The molecule has 2 nitrogen and oxygen atoms in total. The fourth-order valence-corrected chi connectivity index (χ4v) is 4.41. The van der Waals surface area contributed by atoms with E-state index in [2.05, 4.69) is 31.8 Å². The first-order chi connectivity index (χ1) is 11.0. The first-order valence-corrected chi connectivity index (χ1v) is 8.94. The monoisotopic (exact) mass is 322 g/mol. The Bertz CT molecular complexity index is 757. The number of hydrogen-bond acceptors (Lipinski definition) is 3. The Kier molecular flexibility index (Phi) is 4.37. The van der Waals surface area contributed by atoms with Gasteiger partial charge in [0, 0.05) is 11.1 Å². The van der Waals surface area contributed by atoms with E-state index in [0.717, 1.165) is 29.0 Å². The lowest BCUT2D eigenvalue weighted by atomic mass is 9.72. The Hall–Kier alpha value is -1.92. The van der Waals surface area contributed by atoms with Gasteiger partial charge in [-0.05, 0) is 41.7 Å². The van der Waals surface area contributed by atoms with Gasteiger partial charge in [-0.15, -0.1) is 11.3 Å². The molecule has 0 saturated heterocycles. The van der Waals surface area contributed by atoms with Crippen molar-refractivity contribution in [1.82, 2.24) is 0 Å². The third kappa shape index (κ3) is 3.38. The van der Waals surface area contributed by atoms with Crippen LogP contribution in [0, 0.1) is 22.7 Å². The lowest BCUT2D eigenvalue weighted by Crippen LogP contribution is -2.26. The maximum absolute atomic E-state index is 9.57. The summed E-state index contributed by atoms with van der Waals surface area (Å²) in [5.41, 5.74) is 3.43. The van der Waals surface area contributed by atoms with Gasteiger partial charge >= 0.3 is 0 Å². The van der Waals surface area contributed by atoms with Gasteiger partial charge in [0.1, 0.15) is 11.1 Å². The van der Waals surface area contributed by atoms with Gasteiger partial charge in [0.2, 0.25) is 0 Å². The van der Waals surface area contributed by atoms with E-state index in [1.54, 1.807) is 11.3 Å². The summed E-state index contributed by atoms with van der Waals surface area (Å²) in [5, 5.41) is 10.4. The molecule has 1 heterocycles. The second-order valence-electron chi connectivity index (χ2n) is 7.27. The Morgan fingerprint density at radius 3 is 2.65 bits per heavy atom. The highest BCUT2D eigenvalue weighted by Crippen LogP contribution is 2.44. The molecule has 0 saturated carbocycles. The quantitative estimate of drug-likeness (QED) is 0.670. The predicted molar refractivity (Wildman–Crippen MR) is 97.7 cm³/mol. The molecule has 0 unspecified atom stereocenters. The smallest absolute Gasteiger partial charge is 0.134 e. The zero-order valence-electron chi connectivity index (χ0n) is 14.0. The standard InChI is InChI=1S/C20H22N2S/c1-20(2,3)15-9-10-16-17(12-21)19(23-18(16)11-15)22-13-14-7-5-4-6-8-14/h4-8,13,15H,9-11H2,1-3H3/t15-/m1/s1. The van der Waals surface area contributed by atoms with Gasteiger partial charge in [-0.25, -0.2) is 4.99 Å². The van der Waals surface area contributed by atoms with Gasteiger partial charge in [-0.1, -0.05) is 51.1 Å². The number of nitriles is 1. The highest BCUT2D eigenvalue weighted by molar-refractivity contribution is 7.16. The van der Waals surface area contributed by atoms with E-state index in [-0.39, 0.29) is 0 Å². The van der Waals surface area contributed by atoms with Crippen LogP contribution in [0.2, 0.25) is 0 Å². The summed E-state index contributed by atoms with van der Waals surface area (Å²) in [6.45, 7) is 6.95. The van der Waals surface area contributed by atoms with Gasteiger partial charge in [0.25, 0.3) is 0 Å². The average Bonchev–Trinajstić information content (AvgIpc) is 2.89. The molecule has 0 bridgehead atoms. The number of nitrogens with zero attached hydrogens (tertiary/aromatic N) is 2. The molecule has 0 amide bonds. The van der Waals surface area contributed by atoms with Crippen LogP contribution in [0.1, 0.15) is 48.8 Å². The molecule has 3 rings (SSSR count). The van der Waals surface area contributed by atoms with E-state index in [0.29, 0.717) is 11.3 Å². The molecule has 0 radical (unpaired) electrons. The van der Waals surface area contributed by atoms with Crippen LogP contribution in [0.25, 0.3) is 0 Å². The minimum absolute atomic E-state index is 0.321. The number of rotatable bonds is 2. The van der Waals surface area contributed by atoms with Crippen LogP contribution < -0.4 is 0 Å². The second-order valence-corrected chi connectivity index (χ2v) is 8.35. The van der Waals surface area contributed by atoms with Crippen LogP contribution in [-0.4, -0.2) is 6.21 Å². The van der Waals surface area contributed by atoms with Crippen molar-refractivity contribution in [2.24, 2.45) is 16.3 Å². The van der Waals surface area contributed by atoms with Crippen molar-refractivity contribution in [3.63, 3.8) is 0 Å². The second kappa shape index (κ2) is 6.29. The summed E-state index contributed by atoms with van der Waals surface area (Å²) >= 11 is 1.71. The third-order valence-electron chi connectivity index (χ3n) is 4.71. The van der Waals surface area contributed by atoms with Gasteiger partial charge in [-0.3, -0.25) is 0 Å². The first-order valence-electron chi connectivity index (χ1n) is 8.13. The zero-order chi connectivity index (χ0) is 16.4. The highest BCUT2D eigenvalue weighted by atomic mass is 32.1. The van der Waals surface area contributed by atoms with Crippen LogP contribution in [-0.2, 0) is 12.8 Å². The summed E-state index contributed by atoms with van der Waals surface area (Å²) < 4.78 is 0. The van der Waals surface area contributed by atoms with E-state index >= 15 is 0 Å². The van der Waals surface area contributed by atoms with Crippen molar-refractivity contribution in [3.8, 4) is 6.07 Å². The Morgan fingerprint density at radius 2 is 2.00 bits per heavy atom. The SMILES string of the molecule is CC(C)(C)[C@@H]1CCc2c(sc(N=Cc3ccccc3)c2C#N)C1. The molecular weight excluding hydrogens is 300 g/mol. The minimum Gasteiger partial charge on any atom is -0.244 e. The molecule has 0 fully saturated rings. The lowest BCUT2D eigenvalue weighted by molar-refractivity contribution is 0.218. The maximum atomic E-state index is 9.57. The van der Waals surface area contributed by atoms with Crippen molar-refractivity contribution in [2.75, 3.05) is 0 Å². The van der Waals surface area contributed by atoms with Gasteiger partial charge in [0.05, 0.1) is 5.56 Å². The molecule has 1 aliphatic rings. The Morgan fingerprint density at radius 1 is 1.26 bits per heavy atom. The van der Waals surface area contributed by atoms with Gasteiger partial charge < -0.3 is 0 Å². The van der Waals surface area contributed by atoms with Crippen LogP contribution in [0.4, 0.5) is 5.00 Å². The van der Waals surface area contributed by atoms with Gasteiger partial charge in [-0.2, -0.15) is 5.26 Å². The zero-order valence-corrected chi connectivity index (χ0v) is 14.8. The van der Waals surface area contributed by atoms with Crippen LogP contribution in [0.5, 0.6) is 0 Å². The number of aliphatic imine (C=N–C) groups is 1. The third-order valence-corrected chi connectivity index (χ3v) is 5.88. The molecule has 1 aliphatic carbocycles. The number of thiophene rings is 1. The topological polar surface area (TPSA) is 36.1 Å². The molecule has 1 aromatic heterocycles. The molecule has 3 heteroatoms.